The van der Waals surface area contributed by atoms with Crippen LogP contribution >= 0.6 is 0 Å². The van der Waals surface area contributed by atoms with E-state index in [1.54, 1.807) is 0 Å². The highest BCUT2D eigenvalue weighted by Gasteiger charge is 2.27. The predicted octanol–water partition coefficient (Wildman–Crippen LogP) is 4.35. The Bertz CT molecular complexity index is 915. The summed E-state index contributed by atoms with van der Waals surface area (Å²) in [4.78, 5) is 24.1. The number of carbonyl (C=O) groups is 1. The average molecular weight is 463 g/mol. The number of nitrogens with zero attached hydrogens (tertiary/aromatic N) is 4. The first-order chi connectivity index (χ1) is 16.7. The van der Waals surface area contributed by atoms with Gasteiger partial charge in [0.15, 0.2) is 0 Å². The van der Waals surface area contributed by atoms with Gasteiger partial charge in [-0.2, -0.15) is 0 Å². The molecule has 2 saturated heterocycles. The van der Waals surface area contributed by atoms with Crippen LogP contribution in [0.5, 0.6) is 5.75 Å². The molecule has 6 heteroatoms. The summed E-state index contributed by atoms with van der Waals surface area (Å²) in [5.74, 6) is 3.02. The van der Waals surface area contributed by atoms with E-state index in [4.69, 9.17) is 4.74 Å². The topological polar surface area (TPSA) is 48.9 Å². The van der Waals surface area contributed by atoms with Gasteiger partial charge in [0.05, 0.1) is 0 Å². The summed E-state index contributed by atoms with van der Waals surface area (Å²) in [5.41, 5.74) is 1.30. The maximum atomic E-state index is 12.6. The highest BCUT2D eigenvalue weighted by atomic mass is 16.5. The Morgan fingerprint density at radius 1 is 0.912 bits per heavy atom. The molecule has 0 atom stereocenters. The van der Waals surface area contributed by atoms with Crippen LogP contribution in [0.4, 0.5) is 5.82 Å². The quantitative estimate of drug-likeness (QED) is 0.612. The fourth-order valence-electron chi connectivity index (χ4n) is 5.66. The molecule has 1 aliphatic carbocycles. The molecule has 1 aromatic heterocycles. The highest BCUT2D eigenvalue weighted by molar-refractivity contribution is 5.76. The first-order valence-electron chi connectivity index (χ1n) is 13.1. The van der Waals surface area contributed by atoms with E-state index in [1.807, 2.05) is 12.3 Å². The maximum Gasteiger partial charge on any atom is 0.222 e. The van der Waals surface area contributed by atoms with Crippen molar-refractivity contribution in [1.29, 1.82) is 0 Å². The second kappa shape index (κ2) is 11.2. The van der Waals surface area contributed by atoms with Crippen molar-refractivity contribution >= 4 is 11.7 Å². The van der Waals surface area contributed by atoms with Crippen LogP contribution in [0.3, 0.4) is 0 Å². The Hall–Kier alpha value is -2.60. The molecule has 1 saturated carbocycles. The Morgan fingerprint density at radius 3 is 2.44 bits per heavy atom. The SMILES string of the molecule is O=C(CC1CCCC1)N1CCC(Oc2cccc(CN3CCN(c4ccccn4)CC3)c2)CC1. The average Bonchev–Trinajstić information content (AvgIpc) is 3.39. The number of rotatable bonds is 7. The highest BCUT2D eigenvalue weighted by Crippen LogP contribution is 2.29. The third kappa shape index (κ3) is 6.09. The van der Waals surface area contributed by atoms with Crippen LogP contribution in [0.15, 0.2) is 48.7 Å². The third-order valence-corrected chi connectivity index (χ3v) is 7.69. The number of likely N-dealkylation sites (tertiary alicyclic amines) is 1. The summed E-state index contributed by atoms with van der Waals surface area (Å²) >= 11 is 0. The summed E-state index contributed by atoms with van der Waals surface area (Å²) in [6.07, 6.45) is 9.75. The van der Waals surface area contributed by atoms with Crippen LogP contribution in [0.2, 0.25) is 0 Å². The number of hydrogen-bond acceptors (Lipinski definition) is 5. The van der Waals surface area contributed by atoms with Crippen molar-refractivity contribution in [2.45, 2.75) is 57.6 Å². The number of carbonyl (C=O) groups excluding carboxylic acids is 1. The second-order valence-electron chi connectivity index (χ2n) is 10.2. The van der Waals surface area contributed by atoms with E-state index in [0.29, 0.717) is 11.8 Å². The van der Waals surface area contributed by atoms with Gasteiger partial charge in [-0.3, -0.25) is 9.69 Å². The van der Waals surface area contributed by atoms with Gasteiger partial charge in [-0.25, -0.2) is 4.98 Å². The zero-order valence-electron chi connectivity index (χ0n) is 20.3. The van der Waals surface area contributed by atoms with E-state index in [-0.39, 0.29) is 6.10 Å². The summed E-state index contributed by atoms with van der Waals surface area (Å²) in [6, 6.07) is 14.7. The lowest BCUT2D eigenvalue weighted by Crippen LogP contribution is -2.46. The predicted molar refractivity (Wildman–Crippen MR) is 135 cm³/mol. The molecule has 3 fully saturated rings. The maximum absolute atomic E-state index is 12.6. The van der Waals surface area contributed by atoms with Gasteiger partial charge in [0, 0.05) is 71.3 Å². The van der Waals surface area contributed by atoms with Gasteiger partial charge in [-0.1, -0.05) is 31.0 Å². The fourth-order valence-corrected chi connectivity index (χ4v) is 5.66. The van der Waals surface area contributed by atoms with E-state index < -0.39 is 0 Å². The van der Waals surface area contributed by atoms with Gasteiger partial charge >= 0.3 is 0 Å². The van der Waals surface area contributed by atoms with Gasteiger partial charge in [-0.15, -0.1) is 0 Å². The first kappa shape index (κ1) is 23.2. The second-order valence-corrected chi connectivity index (χ2v) is 10.2. The minimum Gasteiger partial charge on any atom is -0.490 e. The van der Waals surface area contributed by atoms with Crippen molar-refractivity contribution < 1.29 is 9.53 Å². The molecule has 3 heterocycles. The lowest BCUT2D eigenvalue weighted by atomic mass is 10.0. The van der Waals surface area contributed by atoms with Crippen molar-refractivity contribution in [3.05, 3.63) is 54.2 Å². The van der Waals surface area contributed by atoms with Crippen molar-refractivity contribution in [1.82, 2.24) is 14.8 Å². The number of ether oxygens (including phenoxy) is 1. The molecule has 0 N–H and O–H groups in total. The van der Waals surface area contributed by atoms with E-state index in [1.165, 1.54) is 31.2 Å². The smallest absolute Gasteiger partial charge is 0.222 e. The molecule has 0 spiro atoms. The molecule has 2 aromatic rings. The van der Waals surface area contributed by atoms with Crippen LogP contribution < -0.4 is 9.64 Å². The van der Waals surface area contributed by atoms with Crippen LogP contribution in [-0.4, -0.2) is 66.1 Å². The number of amides is 1. The Morgan fingerprint density at radius 2 is 1.71 bits per heavy atom. The van der Waals surface area contributed by atoms with Crippen molar-refractivity contribution in [3.8, 4) is 5.75 Å². The molecule has 3 aliphatic rings. The Labute approximate surface area is 203 Å². The first-order valence-corrected chi connectivity index (χ1v) is 13.1. The van der Waals surface area contributed by atoms with Crippen LogP contribution in [-0.2, 0) is 11.3 Å². The summed E-state index contributed by atoms with van der Waals surface area (Å²) in [5, 5.41) is 0. The molecule has 0 radical (unpaired) electrons. The summed E-state index contributed by atoms with van der Waals surface area (Å²) in [6.45, 7) is 6.69. The minimum absolute atomic E-state index is 0.202. The number of benzene rings is 1. The number of piperidine rings is 1. The lowest BCUT2D eigenvalue weighted by Gasteiger charge is -2.35. The fraction of sp³-hybridized carbons (Fsp3) is 0.571. The van der Waals surface area contributed by atoms with E-state index in [2.05, 4.69) is 56.1 Å². The number of piperazine rings is 1. The molecule has 182 valence electrons. The monoisotopic (exact) mass is 462 g/mol. The molecule has 0 unspecified atom stereocenters. The molecule has 1 aromatic carbocycles. The number of anilines is 1. The van der Waals surface area contributed by atoms with Gasteiger partial charge in [0.2, 0.25) is 5.91 Å². The molecule has 2 aliphatic heterocycles. The van der Waals surface area contributed by atoms with Gasteiger partial charge in [-0.05, 0) is 48.6 Å². The van der Waals surface area contributed by atoms with Crippen molar-refractivity contribution in [2.24, 2.45) is 5.92 Å². The number of aromatic nitrogens is 1. The van der Waals surface area contributed by atoms with E-state index in [9.17, 15) is 4.79 Å². The summed E-state index contributed by atoms with van der Waals surface area (Å²) in [7, 11) is 0. The third-order valence-electron chi connectivity index (χ3n) is 7.69. The molecule has 1 amide bonds. The molecule has 6 nitrogen and oxygen atoms in total. The van der Waals surface area contributed by atoms with Gasteiger partial charge in [0.1, 0.15) is 17.7 Å². The number of hydrogen-bond donors (Lipinski definition) is 0. The Balaban J connectivity index is 1.06. The van der Waals surface area contributed by atoms with E-state index >= 15 is 0 Å². The normalized spacial score (nSPS) is 20.6. The molecular weight excluding hydrogens is 424 g/mol. The largest absolute Gasteiger partial charge is 0.490 e. The zero-order valence-corrected chi connectivity index (χ0v) is 20.3. The van der Waals surface area contributed by atoms with Gasteiger partial charge in [0.25, 0.3) is 0 Å². The molecular formula is C28H38N4O2. The van der Waals surface area contributed by atoms with Crippen LogP contribution in [0, 0.1) is 5.92 Å². The van der Waals surface area contributed by atoms with Crippen molar-refractivity contribution in [2.75, 3.05) is 44.2 Å². The minimum atomic E-state index is 0.202. The molecule has 0 bridgehead atoms. The van der Waals surface area contributed by atoms with Crippen LogP contribution in [0.25, 0.3) is 0 Å². The van der Waals surface area contributed by atoms with Gasteiger partial charge < -0.3 is 14.5 Å². The van der Waals surface area contributed by atoms with E-state index in [0.717, 1.165) is 76.6 Å². The van der Waals surface area contributed by atoms with Crippen LogP contribution in [0.1, 0.15) is 50.5 Å². The Kier molecular flexibility index (Phi) is 7.64. The zero-order chi connectivity index (χ0) is 23.2. The standard InChI is InChI=1S/C28H38N4O2/c33-28(21-23-6-1-2-7-23)32-14-11-25(12-15-32)34-26-9-5-8-24(20-26)22-30-16-18-31(19-17-30)27-10-3-4-13-29-27/h3-5,8-10,13,20,23,25H,1-2,6-7,11-12,14-19,21-22H2. The summed E-state index contributed by atoms with van der Waals surface area (Å²) < 4.78 is 6.35. The molecule has 5 rings (SSSR count). The molecule has 34 heavy (non-hydrogen) atoms. The lowest BCUT2D eigenvalue weighted by molar-refractivity contribution is -0.134. The number of pyridine rings is 1. The van der Waals surface area contributed by atoms with Crippen molar-refractivity contribution in [3.63, 3.8) is 0 Å².